The van der Waals surface area contributed by atoms with E-state index in [9.17, 15) is 5.11 Å². The lowest BCUT2D eigenvalue weighted by atomic mass is 10.1. The van der Waals surface area contributed by atoms with Crippen molar-refractivity contribution < 1.29 is 9.84 Å². The molecular weight excluding hydrogens is 222 g/mol. The molecule has 1 aromatic carbocycles. The minimum absolute atomic E-state index is 0.118. The molecule has 4 heteroatoms. The average molecular weight is 235 g/mol. The number of benzene rings is 1. The van der Waals surface area contributed by atoms with Gasteiger partial charge in [-0.25, -0.2) is 0 Å². The van der Waals surface area contributed by atoms with Gasteiger partial charge in [-0.3, -0.25) is 0 Å². The van der Waals surface area contributed by atoms with Crippen molar-refractivity contribution in [3.8, 4) is 11.5 Å². The number of rotatable bonds is 3. The van der Waals surface area contributed by atoms with Gasteiger partial charge in [-0.1, -0.05) is 12.1 Å². The fraction of sp³-hybridized carbons (Fsp3) is 0.167. The molecule has 0 fully saturated rings. The third kappa shape index (κ3) is 2.03. The van der Waals surface area contributed by atoms with Gasteiger partial charge in [-0.15, -0.1) is 11.3 Å². The Morgan fingerprint density at radius 2 is 2.19 bits per heavy atom. The summed E-state index contributed by atoms with van der Waals surface area (Å²) in [5.41, 5.74) is 6.96. The first-order valence-corrected chi connectivity index (χ1v) is 5.76. The van der Waals surface area contributed by atoms with Crippen LogP contribution in [0.2, 0.25) is 0 Å². The van der Waals surface area contributed by atoms with Gasteiger partial charge in [0.05, 0.1) is 13.2 Å². The van der Waals surface area contributed by atoms with Crippen LogP contribution in [0.5, 0.6) is 11.5 Å². The Hall–Kier alpha value is -1.52. The second kappa shape index (κ2) is 4.55. The molecule has 0 saturated carbocycles. The lowest BCUT2D eigenvalue weighted by molar-refractivity contribution is 0.373. The van der Waals surface area contributed by atoms with Gasteiger partial charge in [0, 0.05) is 4.88 Å². The first kappa shape index (κ1) is 11.0. The predicted octanol–water partition coefficient (Wildman–Crippen LogP) is 2.51. The standard InChI is InChI=1S/C12H13NO2S/c1-15-10-5-4-8(7-9(10)14)12(13)11-3-2-6-16-11/h2-7,12,14H,13H2,1H3/t12-/m1/s1. The lowest BCUT2D eigenvalue weighted by Crippen LogP contribution is -2.09. The van der Waals surface area contributed by atoms with E-state index in [-0.39, 0.29) is 11.8 Å². The predicted molar refractivity (Wildman–Crippen MR) is 65.0 cm³/mol. The molecule has 3 nitrogen and oxygen atoms in total. The van der Waals surface area contributed by atoms with E-state index in [2.05, 4.69) is 0 Å². The third-order valence-corrected chi connectivity index (χ3v) is 3.37. The van der Waals surface area contributed by atoms with Crippen molar-refractivity contribution in [2.24, 2.45) is 5.73 Å². The summed E-state index contributed by atoms with van der Waals surface area (Å²) in [5, 5.41) is 11.6. The minimum atomic E-state index is -0.197. The summed E-state index contributed by atoms with van der Waals surface area (Å²) in [6.45, 7) is 0. The minimum Gasteiger partial charge on any atom is -0.504 e. The Morgan fingerprint density at radius 3 is 2.75 bits per heavy atom. The molecule has 0 aliphatic carbocycles. The van der Waals surface area contributed by atoms with E-state index in [4.69, 9.17) is 10.5 Å². The van der Waals surface area contributed by atoms with E-state index in [0.29, 0.717) is 5.75 Å². The molecule has 1 atom stereocenters. The maximum absolute atomic E-state index is 9.66. The molecule has 0 aliphatic rings. The van der Waals surface area contributed by atoms with Crippen molar-refractivity contribution in [1.82, 2.24) is 0 Å². The summed E-state index contributed by atoms with van der Waals surface area (Å²) in [7, 11) is 1.52. The van der Waals surface area contributed by atoms with Crippen LogP contribution in [0.15, 0.2) is 35.7 Å². The Labute approximate surface area is 98.1 Å². The highest BCUT2D eigenvalue weighted by Crippen LogP contribution is 2.31. The Balaban J connectivity index is 2.31. The van der Waals surface area contributed by atoms with Crippen molar-refractivity contribution in [1.29, 1.82) is 0 Å². The van der Waals surface area contributed by atoms with E-state index in [1.165, 1.54) is 7.11 Å². The van der Waals surface area contributed by atoms with E-state index < -0.39 is 0 Å². The van der Waals surface area contributed by atoms with E-state index in [1.54, 1.807) is 23.5 Å². The number of hydrogen-bond acceptors (Lipinski definition) is 4. The molecule has 2 rings (SSSR count). The van der Waals surface area contributed by atoms with Crippen LogP contribution in [0.4, 0.5) is 0 Å². The second-order valence-corrected chi connectivity index (χ2v) is 4.40. The zero-order chi connectivity index (χ0) is 11.5. The molecule has 0 unspecified atom stereocenters. The largest absolute Gasteiger partial charge is 0.504 e. The van der Waals surface area contributed by atoms with E-state index in [1.807, 2.05) is 23.6 Å². The molecule has 0 amide bonds. The number of hydrogen-bond donors (Lipinski definition) is 2. The smallest absolute Gasteiger partial charge is 0.160 e. The third-order valence-electron chi connectivity index (χ3n) is 2.41. The molecule has 0 spiro atoms. The molecular formula is C12H13NO2S. The van der Waals surface area contributed by atoms with Gasteiger partial charge in [0.25, 0.3) is 0 Å². The monoisotopic (exact) mass is 235 g/mol. The van der Waals surface area contributed by atoms with Crippen LogP contribution in [-0.2, 0) is 0 Å². The van der Waals surface area contributed by atoms with Gasteiger partial charge >= 0.3 is 0 Å². The average Bonchev–Trinajstić information content (AvgIpc) is 2.81. The number of aromatic hydroxyl groups is 1. The number of phenolic OH excluding ortho intramolecular Hbond substituents is 1. The number of nitrogens with two attached hydrogens (primary N) is 1. The van der Waals surface area contributed by atoms with Crippen molar-refractivity contribution >= 4 is 11.3 Å². The SMILES string of the molecule is COc1ccc([C@@H](N)c2cccs2)cc1O. The molecule has 1 aromatic heterocycles. The van der Waals surface area contributed by atoms with Crippen molar-refractivity contribution in [2.75, 3.05) is 7.11 Å². The zero-order valence-corrected chi connectivity index (χ0v) is 9.70. The van der Waals surface area contributed by atoms with Crippen molar-refractivity contribution in [2.45, 2.75) is 6.04 Å². The van der Waals surface area contributed by atoms with Crippen LogP contribution in [0.3, 0.4) is 0 Å². The summed E-state index contributed by atoms with van der Waals surface area (Å²) < 4.78 is 4.98. The molecule has 1 heterocycles. The van der Waals surface area contributed by atoms with Gasteiger partial charge in [-0.05, 0) is 29.1 Å². The summed E-state index contributed by atoms with van der Waals surface area (Å²) in [6.07, 6.45) is 0. The number of phenols is 1. The highest BCUT2D eigenvalue weighted by atomic mass is 32.1. The Kier molecular flexibility index (Phi) is 3.12. The fourth-order valence-corrected chi connectivity index (χ4v) is 2.29. The van der Waals surface area contributed by atoms with Crippen LogP contribution in [0, 0.1) is 0 Å². The van der Waals surface area contributed by atoms with Crippen LogP contribution in [0.1, 0.15) is 16.5 Å². The van der Waals surface area contributed by atoms with Gasteiger partial charge in [0.1, 0.15) is 0 Å². The normalized spacial score (nSPS) is 12.4. The van der Waals surface area contributed by atoms with Crippen molar-refractivity contribution in [3.63, 3.8) is 0 Å². The van der Waals surface area contributed by atoms with Crippen molar-refractivity contribution in [3.05, 3.63) is 46.2 Å². The molecule has 3 N–H and O–H groups in total. The molecule has 2 aromatic rings. The van der Waals surface area contributed by atoms with Gasteiger partial charge in [0.2, 0.25) is 0 Å². The van der Waals surface area contributed by atoms with Gasteiger partial charge < -0.3 is 15.6 Å². The first-order chi connectivity index (χ1) is 7.72. The second-order valence-electron chi connectivity index (χ2n) is 3.42. The van der Waals surface area contributed by atoms with Crippen LogP contribution >= 0.6 is 11.3 Å². The van der Waals surface area contributed by atoms with E-state index >= 15 is 0 Å². The quantitative estimate of drug-likeness (QED) is 0.859. The molecule has 16 heavy (non-hydrogen) atoms. The first-order valence-electron chi connectivity index (χ1n) is 4.88. The highest BCUT2D eigenvalue weighted by molar-refractivity contribution is 7.10. The molecule has 0 radical (unpaired) electrons. The van der Waals surface area contributed by atoms with Gasteiger partial charge in [0.15, 0.2) is 11.5 Å². The van der Waals surface area contributed by atoms with Crippen LogP contribution in [0.25, 0.3) is 0 Å². The van der Waals surface area contributed by atoms with Crippen LogP contribution in [-0.4, -0.2) is 12.2 Å². The topological polar surface area (TPSA) is 55.5 Å². The molecule has 84 valence electrons. The maximum Gasteiger partial charge on any atom is 0.160 e. The lowest BCUT2D eigenvalue weighted by Gasteiger charge is -2.11. The van der Waals surface area contributed by atoms with Gasteiger partial charge in [-0.2, -0.15) is 0 Å². The maximum atomic E-state index is 9.66. The summed E-state index contributed by atoms with van der Waals surface area (Å²) in [4.78, 5) is 1.07. The zero-order valence-electron chi connectivity index (χ0n) is 8.88. The molecule has 0 bridgehead atoms. The molecule has 0 aliphatic heterocycles. The summed E-state index contributed by atoms with van der Waals surface area (Å²) in [5.74, 6) is 0.578. The highest BCUT2D eigenvalue weighted by Gasteiger charge is 2.12. The fourth-order valence-electron chi connectivity index (χ4n) is 1.53. The molecule has 0 saturated heterocycles. The summed E-state index contributed by atoms with van der Waals surface area (Å²) >= 11 is 1.60. The Bertz CT molecular complexity index is 468. The Morgan fingerprint density at radius 1 is 1.38 bits per heavy atom. The number of ether oxygens (including phenoxy) is 1. The van der Waals surface area contributed by atoms with E-state index in [0.717, 1.165) is 10.4 Å². The number of methoxy groups -OCH3 is 1. The number of thiophene rings is 1. The van der Waals surface area contributed by atoms with Crippen LogP contribution < -0.4 is 10.5 Å². The summed E-state index contributed by atoms with van der Waals surface area (Å²) in [6, 6.07) is 8.97.